The third-order valence-electron chi connectivity index (χ3n) is 5.05. The van der Waals surface area contributed by atoms with Crippen molar-refractivity contribution in [2.75, 3.05) is 6.61 Å². The molecular weight excluding hydrogens is 428 g/mol. The average Bonchev–Trinajstić information content (AvgIpc) is 2.83. The highest BCUT2D eigenvalue weighted by atomic mass is 16.5. The number of esters is 1. The molecule has 0 aliphatic heterocycles. The molecule has 0 aromatic heterocycles. The van der Waals surface area contributed by atoms with E-state index >= 15 is 0 Å². The molecule has 34 heavy (non-hydrogen) atoms. The molecule has 0 radical (unpaired) electrons. The van der Waals surface area contributed by atoms with E-state index in [0.29, 0.717) is 23.5 Å². The molecule has 0 heterocycles. The quantitative estimate of drug-likeness (QED) is 0.202. The summed E-state index contributed by atoms with van der Waals surface area (Å²) in [4.78, 5) is 24.6. The van der Waals surface area contributed by atoms with Crippen LogP contribution in [0.4, 0.5) is 0 Å². The molecule has 0 saturated carbocycles. The molecule has 0 saturated heterocycles. The van der Waals surface area contributed by atoms with E-state index in [2.05, 4.69) is 31.3 Å². The van der Waals surface area contributed by atoms with Gasteiger partial charge in [-0.1, -0.05) is 39.8 Å². The summed E-state index contributed by atoms with van der Waals surface area (Å²) in [6.07, 6.45) is 2.45. The summed E-state index contributed by atoms with van der Waals surface area (Å²) in [6.45, 7) is 9.04. The molecule has 0 spiro atoms. The minimum atomic E-state index is -0.451. The third kappa shape index (κ3) is 7.04. The zero-order chi connectivity index (χ0) is 24.6. The molecule has 3 aromatic carbocycles. The van der Waals surface area contributed by atoms with Gasteiger partial charge in [0, 0.05) is 5.56 Å². The Balaban J connectivity index is 1.52. The van der Waals surface area contributed by atoms with Crippen molar-refractivity contribution in [2.45, 2.75) is 39.5 Å². The topological polar surface area (TPSA) is 77.0 Å². The minimum absolute atomic E-state index is 0.0292. The van der Waals surface area contributed by atoms with Crippen molar-refractivity contribution in [3.05, 3.63) is 95.1 Å². The van der Waals surface area contributed by atoms with E-state index in [1.54, 1.807) is 60.7 Å². The predicted octanol–water partition coefficient (Wildman–Crippen LogP) is 5.76. The second kappa shape index (κ2) is 11.3. The molecule has 176 valence electrons. The van der Waals surface area contributed by atoms with Crippen molar-refractivity contribution < 1.29 is 19.1 Å². The lowest BCUT2D eigenvalue weighted by Gasteiger charge is -2.18. The summed E-state index contributed by atoms with van der Waals surface area (Å²) in [7, 11) is 0. The number of amides is 1. The van der Waals surface area contributed by atoms with Gasteiger partial charge < -0.3 is 9.47 Å². The predicted molar refractivity (Wildman–Crippen MR) is 134 cm³/mol. The van der Waals surface area contributed by atoms with Crippen LogP contribution in [0.5, 0.6) is 11.5 Å². The first kappa shape index (κ1) is 24.7. The molecule has 6 nitrogen and oxygen atoms in total. The van der Waals surface area contributed by atoms with Gasteiger partial charge in [0.05, 0.1) is 18.4 Å². The van der Waals surface area contributed by atoms with Gasteiger partial charge in [0.15, 0.2) is 0 Å². The lowest BCUT2D eigenvalue weighted by atomic mass is 9.87. The zero-order valence-corrected chi connectivity index (χ0v) is 20.0. The van der Waals surface area contributed by atoms with E-state index in [0.717, 1.165) is 23.3 Å². The Morgan fingerprint density at radius 2 is 1.44 bits per heavy atom. The van der Waals surface area contributed by atoms with Crippen molar-refractivity contribution >= 4 is 18.1 Å². The molecule has 6 heteroatoms. The van der Waals surface area contributed by atoms with E-state index in [1.807, 2.05) is 19.1 Å². The number of hydrazone groups is 1. The summed E-state index contributed by atoms with van der Waals surface area (Å²) >= 11 is 0. The molecule has 0 unspecified atom stereocenters. The smallest absolute Gasteiger partial charge is 0.343 e. The monoisotopic (exact) mass is 458 g/mol. The van der Waals surface area contributed by atoms with Crippen LogP contribution in [0.1, 0.15) is 66.0 Å². The lowest BCUT2D eigenvalue weighted by Crippen LogP contribution is -2.18. The number of benzene rings is 3. The van der Waals surface area contributed by atoms with Crippen molar-refractivity contribution in [3.63, 3.8) is 0 Å². The molecule has 1 N–H and O–H groups in total. The number of ether oxygens (including phenoxy) is 2. The van der Waals surface area contributed by atoms with Crippen LogP contribution in [-0.4, -0.2) is 24.7 Å². The normalized spacial score (nSPS) is 11.3. The first-order valence-corrected chi connectivity index (χ1v) is 11.3. The molecule has 0 bridgehead atoms. The summed E-state index contributed by atoms with van der Waals surface area (Å²) < 4.78 is 10.9. The van der Waals surface area contributed by atoms with Gasteiger partial charge in [0.1, 0.15) is 11.5 Å². The fourth-order valence-corrected chi connectivity index (χ4v) is 3.05. The van der Waals surface area contributed by atoms with Crippen LogP contribution in [-0.2, 0) is 5.41 Å². The molecule has 0 atom stereocenters. The van der Waals surface area contributed by atoms with Crippen LogP contribution in [0.2, 0.25) is 0 Å². The van der Waals surface area contributed by atoms with Gasteiger partial charge in [-0.2, -0.15) is 5.10 Å². The van der Waals surface area contributed by atoms with Crippen LogP contribution >= 0.6 is 0 Å². The van der Waals surface area contributed by atoms with Crippen LogP contribution in [0.25, 0.3) is 0 Å². The molecular formula is C28H30N2O4. The number of carbonyl (C=O) groups excluding carboxylic acids is 2. The summed E-state index contributed by atoms with van der Waals surface area (Å²) in [6, 6.07) is 21.2. The van der Waals surface area contributed by atoms with Gasteiger partial charge in [-0.15, -0.1) is 0 Å². The highest BCUT2D eigenvalue weighted by molar-refractivity contribution is 5.95. The Labute approximate surface area is 200 Å². The van der Waals surface area contributed by atoms with E-state index < -0.39 is 5.97 Å². The Hall–Kier alpha value is -3.93. The maximum atomic E-state index is 12.3. The first-order chi connectivity index (χ1) is 16.3. The number of hydrogen-bond acceptors (Lipinski definition) is 5. The van der Waals surface area contributed by atoms with Crippen molar-refractivity contribution in [2.24, 2.45) is 5.10 Å². The Kier molecular flexibility index (Phi) is 8.19. The fraction of sp³-hybridized carbons (Fsp3) is 0.250. The van der Waals surface area contributed by atoms with Gasteiger partial charge in [0.2, 0.25) is 0 Å². The standard InChI is InChI=1S/C28H30N2O4/c1-5-18-33-24-16-10-22(11-17-24)27(32)34-25-14-6-20(7-15-25)19-29-30-26(31)21-8-12-23(13-9-21)28(2,3)4/h6-17,19H,5,18H2,1-4H3,(H,30,31)/b29-19+. The van der Waals surface area contributed by atoms with E-state index in [1.165, 1.54) is 6.21 Å². The van der Waals surface area contributed by atoms with Crippen molar-refractivity contribution in [3.8, 4) is 11.5 Å². The highest BCUT2D eigenvalue weighted by Crippen LogP contribution is 2.22. The molecule has 0 fully saturated rings. The summed E-state index contributed by atoms with van der Waals surface area (Å²) in [5.74, 6) is 0.397. The third-order valence-corrected chi connectivity index (χ3v) is 5.05. The number of carbonyl (C=O) groups is 2. The number of hydrogen-bond donors (Lipinski definition) is 1. The molecule has 1 amide bonds. The molecule has 0 aliphatic rings. The van der Waals surface area contributed by atoms with Gasteiger partial charge >= 0.3 is 5.97 Å². The zero-order valence-electron chi connectivity index (χ0n) is 20.0. The maximum absolute atomic E-state index is 12.3. The van der Waals surface area contributed by atoms with E-state index in [9.17, 15) is 9.59 Å². The number of nitrogens with one attached hydrogen (secondary N) is 1. The fourth-order valence-electron chi connectivity index (χ4n) is 3.05. The molecule has 3 aromatic rings. The van der Waals surface area contributed by atoms with Crippen LogP contribution in [0.3, 0.4) is 0 Å². The van der Waals surface area contributed by atoms with E-state index in [-0.39, 0.29) is 11.3 Å². The van der Waals surface area contributed by atoms with E-state index in [4.69, 9.17) is 9.47 Å². The lowest BCUT2D eigenvalue weighted by molar-refractivity contribution is 0.0734. The van der Waals surface area contributed by atoms with Crippen LogP contribution in [0.15, 0.2) is 77.9 Å². The Bertz CT molecular complexity index is 1130. The maximum Gasteiger partial charge on any atom is 0.343 e. The largest absolute Gasteiger partial charge is 0.494 e. The van der Waals surface area contributed by atoms with Crippen molar-refractivity contribution in [1.82, 2.24) is 5.43 Å². The van der Waals surface area contributed by atoms with Crippen molar-refractivity contribution in [1.29, 1.82) is 0 Å². The molecule has 3 rings (SSSR count). The van der Waals surface area contributed by atoms with Gasteiger partial charge in [-0.05, 0) is 83.6 Å². The van der Waals surface area contributed by atoms with Gasteiger partial charge in [-0.25, -0.2) is 10.2 Å². The average molecular weight is 459 g/mol. The number of nitrogens with zero attached hydrogens (tertiary/aromatic N) is 1. The highest BCUT2D eigenvalue weighted by Gasteiger charge is 2.14. The second-order valence-electron chi connectivity index (χ2n) is 8.86. The van der Waals surface area contributed by atoms with Gasteiger partial charge in [0.25, 0.3) is 5.91 Å². The summed E-state index contributed by atoms with van der Waals surface area (Å²) in [5, 5.41) is 4.01. The Morgan fingerprint density at radius 3 is 2.03 bits per heavy atom. The molecule has 0 aliphatic carbocycles. The van der Waals surface area contributed by atoms with Gasteiger partial charge in [-0.3, -0.25) is 4.79 Å². The van der Waals surface area contributed by atoms with Crippen LogP contribution in [0, 0.1) is 0 Å². The second-order valence-corrected chi connectivity index (χ2v) is 8.86. The Morgan fingerprint density at radius 1 is 0.853 bits per heavy atom. The minimum Gasteiger partial charge on any atom is -0.494 e. The summed E-state index contributed by atoms with van der Waals surface area (Å²) in [5.41, 5.74) is 5.44. The number of rotatable bonds is 8. The van der Waals surface area contributed by atoms with Crippen LogP contribution < -0.4 is 14.9 Å². The SMILES string of the molecule is CCCOc1ccc(C(=O)Oc2ccc(/C=N/NC(=O)c3ccc(C(C)(C)C)cc3)cc2)cc1. The first-order valence-electron chi connectivity index (χ1n) is 11.3.